The number of aliphatic hydroxyl groups is 1. The van der Waals surface area contributed by atoms with Gasteiger partial charge < -0.3 is 16.2 Å². The van der Waals surface area contributed by atoms with Gasteiger partial charge in [-0.2, -0.15) is 5.10 Å². The molecule has 98 valence electrons. The molecule has 0 aromatic carbocycles. The summed E-state index contributed by atoms with van der Waals surface area (Å²) in [6.45, 7) is 7.23. The van der Waals surface area contributed by atoms with Crippen molar-refractivity contribution >= 4 is 11.5 Å². The van der Waals surface area contributed by atoms with E-state index in [9.17, 15) is 0 Å². The Balaban J connectivity index is 2.74. The summed E-state index contributed by atoms with van der Waals surface area (Å²) in [7, 11) is 0. The molecule has 1 aromatic rings. The maximum absolute atomic E-state index is 8.81. The topological polar surface area (TPSA) is 76.1 Å². The first-order valence-electron chi connectivity index (χ1n) is 6.30. The van der Waals surface area contributed by atoms with Crippen LogP contribution in [-0.2, 0) is 6.54 Å². The molecule has 5 heteroatoms. The first-order chi connectivity index (χ1) is 8.10. The lowest BCUT2D eigenvalue weighted by Gasteiger charge is -2.16. The van der Waals surface area contributed by atoms with Crippen LogP contribution in [0.15, 0.2) is 0 Å². The zero-order chi connectivity index (χ0) is 12.8. The van der Waals surface area contributed by atoms with Crippen molar-refractivity contribution in [1.29, 1.82) is 0 Å². The van der Waals surface area contributed by atoms with Gasteiger partial charge in [0, 0.05) is 19.2 Å². The highest BCUT2D eigenvalue weighted by Gasteiger charge is 2.13. The molecule has 1 rings (SSSR count). The van der Waals surface area contributed by atoms with Crippen molar-refractivity contribution in [2.45, 2.75) is 52.6 Å². The van der Waals surface area contributed by atoms with Crippen molar-refractivity contribution in [3.63, 3.8) is 0 Å². The number of rotatable bonds is 7. The molecule has 0 spiro atoms. The Morgan fingerprint density at radius 3 is 2.82 bits per heavy atom. The summed E-state index contributed by atoms with van der Waals surface area (Å²) in [5.41, 5.74) is 7.62. The quantitative estimate of drug-likeness (QED) is 0.678. The van der Waals surface area contributed by atoms with Crippen molar-refractivity contribution in [2.24, 2.45) is 0 Å². The second-order valence-corrected chi connectivity index (χ2v) is 4.48. The number of aryl methyl sites for hydroxylation is 2. The number of hydrogen-bond donors (Lipinski definition) is 3. The SMILES string of the molecule is CCCn1nc(C)c(N)c1NC(C)CCCO. The molecule has 1 atom stereocenters. The molecule has 5 nitrogen and oxygen atoms in total. The lowest BCUT2D eigenvalue weighted by molar-refractivity contribution is 0.282. The summed E-state index contributed by atoms with van der Waals surface area (Å²) in [5.74, 6) is 0.912. The summed E-state index contributed by atoms with van der Waals surface area (Å²) in [6.07, 6.45) is 2.75. The van der Waals surface area contributed by atoms with Crippen LogP contribution in [0.4, 0.5) is 11.5 Å². The average molecular weight is 240 g/mol. The van der Waals surface area contributed by atoms with E-state index in [-0.39, 0.29) is 12.6 Å². The number of aliphatic hydroxyl groups excluding tert-OH is 1. The molecule has 0 saturated heterocycles. The van der Waals surface area contributed by atoms with Crippen LogP contribution in [0.1, 0.15) is 38.8 Å². The van der Waals surface area contributed by atoms with Crippen molar-refractivity contribution in [3.05, 3.63) is 5.69 Å². The number of aromatic nitrogens is 2. The first-order valence-corrected chi connectivity index (χ1v) is 6.30. The number of hydrogen-bond acceptors (Lipinski definition) is 4. The Bertz CT molecular complexity index is 349. The predicted molar refractivity (Wildman–Crippen MR) is 71.1 cm³/mol. The van der Waals surface area contributed by atoms with Crippen LogP contribution in [0.25, 0.3) is 0 Å². The molecule has 1 unspecified atom stereocenters. The molecule has 4 N–H and O–H groups in total. The molecule has 1 aromatic heterocycles. The van der Waals surface area contributed by atoms with E-state index in [0.717, 1.165) is 43.0 Å². The highest BCUT2D eigenvalue weighted by Crippen LogP contribution is 2.23. The summed E-state index contributed by atoms with van der Waals surface area (Å²) in [6, 6.07) is 0.288. The minimum Gasteiger partial charge on any atom is -0.396 e. The number of nitrogens with two attached hydrogens (primary N) is 1. The summed E-state index contributed by atoms with van der Waals surface area (Å²) < 4.78 is 1.93. The van der Waals surface area contributed by atoms with Crippen LogP contribution >= 0.6 is 0 Å². The third-order valence-corrected chi connectivity index (χ3v) is 2.79. The fourth-order valence-electron chi connectivity index (χ4n) is 1.82. The van der Waals surface area contributed by atoms with Crippen LogP contribution < -0.4 is 11.1 Å². The molecule has 0 fully saturated rings. The van der Waals surface area contributed by atoms with Crippen molar-refractivity contribution in [2.75, 3.05) is 17.7 Å². The molecule has 0 amide bonds. The zero-order valence-corrected chi connectivity index (χ0v) is 11.0. The molecule has 0 bridgehead atoms. The van der Waals surface area contributed by atoms with Crippen LogP contribution in [0.5, 0.6) is 0 Å². The fourth-order valence-corrected chi connectivity index (χ4v) is 1.82. The highest BCUT2D eigenvalue weighted by atomic mass is 16.2. The van der Waals surface area contributed by atoms with Gasteiger partial charge in [-0.05, 0) is 33.1 Å². The van der Waals surface area contributed by atoms with Gasteiger partial charge in [-0.15, -0.1) is 0 Å². The monoisotopic (exact) mass is 240 g/mol. The van der Waals surface area contributed by atoms with Crippen LogP contribution in [0.2, 0.25) is 0 Å². The number of nitrogens with zero attached hydrogens (tertiary/aromatic N) is 2. The minimum atomic E-state index is 0.231. The molecular formula is C12H24N4O. The molecule has 0 aliphatic rings. The molecule has 17 heavy (non-hydrogen) atoms. The van der Waals surface area contributed by atoms with E-state index >= 15 is 0 Å². The number of nitrogens with one attached hydrogen (secondary N) is 1. The van der Waals surface area contributed by atoms with Crippen LogP contribution in [-0.4, -0.2) is 27.5 Å². The Labute approximate surface area is 103 Å². The largest absolute Gasteiger partial charge is 0.396 e. The van der Waals surface area contributed by atoms with E-state index in [1.54, 1.807) is 0 Å². The fraction of sp³-hybridized carbons (Fsp3) is 0.750. The second-order valence-electron chi connectivity index (χ2n) is 4.48. The van der Waals surface area contributed by atoms with E-state index in [2.05, 4.69) is 24.3 Å². The first kappa shape index (κ1) is 13.8. The third kappa shape index (κ3) is 3.63. The molecule has 0 radical (unpaired) electrons. The normalized spacial score (nSPS) is 12.7. The van der Waals surface area contributed by atoms with Crippen molar-refractivity contribution in [3.8, 4) is 0 Å². The van der Waals surface area contributed by atoms with Gasteiger partial charge in [-0.3, -0.25) is 0 Å². The van der Waals surface area contributed by atoms with Crippen LogP contribution in [0.3, 0.4) is 0 Å². The van der Waals surface area contributed by atoms with Gasteiger partial charge >= 0.3 is 0 Å². The van der Waals surface area contributed by atoms with Crippen LogP contribution in [0, 0.1) is 6.92 Å². The molecule has 0 aliphatic carbocycles. The number of nitrogen functional groups attached to an aromatic ring is 1. The summed E-state index contributed by atoms with van der Waals surface area (Å²) in [4.78, 5) is 0. The van der Waals surface area contributed by atoms with Gasteiger partial charge in [0.1, 0.15) is 5.82 Å². The van der Waals surface area contributed by atoms with E-state index in [1.807, 2.05) is 11.6 Å². The average Bonchev–Trinajstić information content (AvgIpc) is 2.55. The Hall–Kier alpha value is -1.23. The highest BCUT2D eigenvalue weighted by molar-refractivity contribution is 5.65. The zero-order valence-electron chi connectivity index (χ0n) is 11.0. The third-order valence-electron chi connectivity index (χ3n) is 2.79. The minimum absolute atomic E-state index is 0.231. The van der Waals surface area contributed by atoms with Gasteiger partial charge in [-0.1, -0.05) is 6.92 Å². The molecule has 0 aliphatic heterocycles. The van der Waals surface area contributed by atoms with Gasteiger partial charge in [0.05, 0.1) is 11.4 Å². The number of anilines is 2. The molecule has 1 heterocycles. The second kappa shape index (κ2) is 6.49. The summed E-state index contributed by atoms with van der Waals surface area (Å²) >= 11 is 0. The van der Waals surface area contributed by atoms with E-state index < -0.39 is 0 Å². The Morgan fingerprint density at radius 1 is 1.53 bits per heavy atom. The van der Waals surface area contributed by atoms with E-state index in [1.165, 1.54) is 0 Å². The van der Waals surface area contributed by atoms with E-state index in [0.29, 0.717) is 0 Å². The van der Waals surface area contributed by atoms with Gasteiger partial charge in [0.2, 0.25) is 0 Å². The lowest BCUT2D eigenvalue weighted by atomic mass is 10.2. The van der Waals surface area contributed by atoms with Gasteiger partial charge in [0.25, 0.3) is 0 Å². The lowest BCUT2D eigenvalue weighted by Crippen LogP contribution is -2.19. The van der Waals surface area contributed by atoms with Gasteiger partial charge in [0.15, 0.2) is 0 Å². The van der Waals surface area contributed by atoms with Crippen molar-refractivity contribution in [1.82, 2.24) is 9.78 Å². The standard InChI is InChI=1S/C12H24N4O/c1-4-7-16-12(11(13)10(3)15-16)14-9(2)6-5-8-17/h9,14,17H,4-8,13H2,1-3H3. The van der Waals surface area contributed by atoms with Crippen molar-refractivity contribution < 1.29 is 5.11 Å². The predicted octanol–water partition coefficient (Wildman–Crippen LogP) is 1.76. The maximum Gasteiger partial charge on any atom is 0.148 e. The summed E-state index contributed by atoms with van der Waals surface area (Å²) in [5, 5.41) is 16.6. The molecular weight excluding hydrogens is 216 g/mol. The maximum atomic E-state index is 8.81. The Kier molecular flexibility index (Phi) is 5.28. The molecule has 0 saturated carbocycles. The smallest absolute Gasteiger partial charge is 0.148 e. The van der Waals surface area contributed by atoms with E-state index in [4.69, 9.17) is 10.8 Å². The Morgan fingerprint density at radius 2 is 2.24 bits per heavy atom. The van der Waals surface area contributed by atoms with Gasteiger partial charge in [-0.25, -0.2) is 4.68 Å².